The van der Waals surface area contributed by atoms with Crippen LogP contribution in [0.15, 0.2) is 18.2 Å². The smallest absolute Gasteiger partial charge is 0.399 e. The number of rotatable bonds is 4. The van der Waals surface area contributed by atoms with E-state index < -0.39 is 35.4 Å². The molecule has 0 aromatic heterocycles. The number of halogens is 7. The molecule has 2 aromatic carbocycles. The molecule has 0 radical (unpaired) electrons. The monoisotopic (exact) mass is 404 g/mol. The van der Waals surface area contributed by atoms with Gasteiger partial charge in [-0.05, 0) is 59.7 Å². The maximum absolute atomic E-state index is 14.4. The lowest BCUT2D eigenvalue weighted by Gasteiger charge is -2.21. The molecule has 28 heavy (non-hydrogen) atoms. The van der Waals surface area contributed by atoms with Crippen molar-refractivity contribution in [3.8, 4) is 5.75 Å². The average Bonchev–Trinajstić information content (AvgIpc) is 2.57. The van der Waals surface area contributed by atoms with Crippen molar-refractivity contribution in [3.63, 3.8) is 0 Å². The number of hydrogen-bond acceptors (Lipinski definition) is 1. The van der Waals surface area contributed by atoms with Gasteiger partial charge in [-0.3, -0.25) is 0 Å². The number of alkyl halides is 3. The van der Waals surface area contributed by atoms with Crippen LogP contribution in [-0.4, -0.2) is 6.36 Å². The van der Waals surface area contributed by atoms with Crippen LogP contribution in [0.3, 0.4) is 0 Å². The summed E-state index contributed by atoms with van der Waals surface area (Å²) in [6.45, 7) is 1.87. The number of fused-ring (bicyclic) bond motifs is 1. The predicted molar refractivity (Wildman–Crippen MR) is 89.6 cm³/mol. The Morgan fingerprint density at radius 1 is 0.929 bits per heavy atom. The fourth-order valence-electron chi connectivity index (χ4n) is 3.33. The highest BCUT2D eigenvalue weighted by molar-refractivity contribution is 5.85. The lowest BCUT2D eigenvalue weighted by Crippen LogP contribution is -2.20. The summed E-state index contributed by atoms with van der Waals surface area (Å²) in [5, 5.41) is 0. The fraction of sp³-hybridized carbons (Fsp3) is 0.300. The van der Waals surface area contributed by atoms with E-state index in [2.05, 4.69) is 4.74 Å². The Labute approximate surface area is 156 Å². The van der Waals surface area contributed by atoms with Gasteiger partial charge in [0, 0.05) is 5.56 Å². The van der Waals surface area contributed by atoms with E-state index in [0.29, 0.717) is 24.5 Å². The highest BCUT2D eigenvalue weighted by Crippen LogP contribution is 2.39. The van der Waals surface area contributed by atoms with E-state index in [0.717, 1.165) is 0 Å². The first kappa shape index (κ1) is 20.2. The van der Waals surface area contributed by atoms with E-state index in [1.807, 2.05) is 6.92 Å². The summed E-state index contributed by atoms with van der Waals surface area (Å²) in [4.78, 5) is 0. The zero-order valence-corrected chi connectivity index (χ0v) is 14.7. The van der Waals surface area contributed by atoms with Crippen LogP contribution < -0.4 is 4.74 Å². The average molecular weight is 404 g/mol. The number of aryl methyl sites for hydroxylation is 1. The Balaban J connectivity index is 2.05. The minimum absolute atomic E-state index is 0.0258. The molecule has 0 spiro atoms. The molecule has 0 bridgehead atoms. The van der Waals surface area contributed by atoms with Crippen LogP contribution in [0.2, 0.25) is 0 Å². The lowest BCUT2D eigenvalue weighted by atomic mass is 9.87. The molecule has 150 valence electrons. The van der Waals surface area contributed by atoms with Crippen molar-refractivity contribution in [2.45, 2.75) is 39.0 Å². The van der Waals surface area contributed by atoms with E-state index >= 15 is 0 Å². The molecule has 2 aromatic rings. The second kappa shape index (κ2) is 7.48. The summed E-state index contributed by atoms with van der Waals surface area (Å²) < 4.78 is 97.6. The lowest BCUT2D eigenvalue weighted by molar-refractivity contribution is -0.276. The van der Waals surface area contributed by atoms with Crippen molar-refractivity contribution in [1.82, 2.24) is 0 Å². The molecule has 0 atom stereocenters. The van der Waals surface area contributed by atoms with Crippen molar-refractivity contribution < 1.29 is 35.5 Å². The van der Waals surface area contributed by atoms with E-state index in [4.69, 9.17) is 0 Å². The van der Waals surface area contributed by atoms with E-state index in [1.54, 1.807) is 0 Å². The first-order chi connectivity index (χ1) is 13.1. The summed E-state index contributed by atoms with van der Waals surface area (Å²) >= 11 is 0. The zero-order chi connectivity index (χ0) is 20.6. The maximum atomic E-state index is 14.4. The number of hydrogen-bond donors (Lipinski definition) is 0. The second-order valence-electron chi connectivity index (χ2n) is 6.47. The van der Waals surface area contributed by atoms with Crippen LogP contribution in [-0.2, 0) is 12.8 Å². The fourth-order valence-corrected chi connectivity index (χ4v) is 3.33. The Hall–Kier alpha value is -2.51. The number of ether oxygens (including phenoxy) is 1. The SMILES string of the molecule is CCCc1cc(F)c(C2=Cc3cc(F)c(OC(F)(F)F)c(F)c3CC2)c(F)c1. The van der Waals surface area contributed by atoms with Crippen LogP contribution in [0.25, 0.3) is 11.6 Å². The maximum Gasteiger partial charge on any atom is 0.573 e. The molecule has 0 saturated heterocycles. The van der Waals surface area contributed by atoms with Crippen molar-refractivity contribution >= 4 is 11.6 Å². The van der Waals surface area contributed by atoms with Gasteiger partial charge in [0.25, 0.3) is 0 Å². The first-order valence-corrected chi connectivity index (χ1v) is 8.56. The van der Waals surface area contributed by atoms with Gasteiger partial charge < -0.3 is 4.74 Å². The quantitative estimate of drug-likeness (QED) is 0.523. The van der Waals surface area contributed by atoms with Crippen LogP contribution in [0.5, 0.6) is 5.75 Å². The van der Waals surface area contributed by atoms with Gasteiger partial charge in [0.15, 0.2) is 11.6 Å². The second-order valence-corrected chi connectivity index (χ2v) is 6.47. The standard InChI is InChI=1S/C20H15F7O/c1-2-3-10-6-14(21)17(15(22)7-10)11-4-5-13-12(8-11)9-16(23)19(18(13)24)28-20(25,26)27/h6-9H,2-5H2,1H3. The molecule has 0 aliphatic heterocycles. The molecule has 3 rings (SSSR count). The van der Waals surface area contributed by atoms with E-state index in [-0.39, 0.29) is 35.1 Å². The van der Waals surface area contributed by atoms with E-state index in [1.165, 1.54) is 18.2 Å². The largest absolute Gasteiger partial charge is 0.573 e. The number of benzene rings is 2. The summed E-state index contributed by atoms with van der Waals surface area (Å²) in [6, 6.07) is 3.08. The molecule has 1 aliphatic rings. The summed E-state index contributed by atoms with van der Waals surface area (Å²) in [7, 11) is 0. The molecule has 8 heteroatoms. The zero-order valence-electron chi connectivity index (χ0n) is 14.7. The molecule has 1 aliphatic carbocycles. The van der Waals surface area contributed by atoms with Crippen molar-refractivity contribution in [3.05, 3.63) is 63.7 Å². The molecule has 0 unspecified atom stereocenters. The third kappa shape index (κ3) is 4.00. The highest BCUT2D eigenvalue weighted by atomic mass is 19.4. The predicted octanol–water partition coefficient (Wildman–Crippen LogP) is 6.58. The van der Waals surface area contributed by atoms with Gasteiger partial charge in [0.1, 0.15) is 11.6 Å². The van der Waals surface area contributed by atoms with Gasteiger partial charge in [0.2, 0.25) is 5.75 Å². The van der Waals surface area contributed by atoms with Crippen molar-refractivity contribution in [1.29, 1.82) is 0 Å². The Morgan fingerprint density at radius 3 is 2.14 bits per heavy atom. The van der Waals surface area contributed by atoms with Crippen LogP contribution in [0.4, 0.5) is 30.7 Å². The minimum Gasteiger partial charge on any atom is -0.399 e. The van der Waals surface area contributed by atoms with E-state index in [9.17, 15) is 30.7 Å². The Morgan fingerprint density at radius 2 is 1.57 bits per heavy atom. The summed E-state index contributed by atoms with van der Waals surface area (Å²) in [5.74, 6) is -6.15. The van der Waals surface area contributed by atoms with Crippen LogP contribution >= 0.6 is 0 Å². The molecular formula is C20H15F7O. The molecular weight excluding hydrogens is 389 g/mol. The minimum atomic E-state index is -5.25. The van der Waals surface area contributed by atoms with Gasteiger partial charge in [-0.1, -0.05) is 19.4 Å². The number of allylic oxidation sites excluding steroid dienone is 1. The Bertz CT molecular complexity index is 922. The molecule has 0 N–H and O–H groups in total. The molecule has 1 nitrogen and oxygen atoms in total. The molecule has 0 amide bonds. The molecule has 0 fully saturated rings. The van der Waals surface area contributed by atoms with Gasteiger partial charge in [0.05, 0.1) is 0 Å². The van der Waals surface area contributed by atoms with Crippen LogP contribution in [0.1, 0.15) is 42.0 Å². The third-order valence-electron chi connectivity index (χ3n) is 4.47. The third-order valence-corrected chi connectivity index (χ3v) is 4.47. The van der Waals surface area contributed by atoms with Gasteiger partial charge in [-0.25, -0.2) is 17.6 Å². The highest BCUT2D eigenvalue weighted by Gasteiger charge is 2.35. The topological polar surface area (TPSA) is 9.23 Å². The van der Waals surface area contributed by atoms with Gasteiger partial charge >= 0.3 is 6.36 Å². The summed E-state index contributed by atoms with van der Waals surface area (Å²) in [6.07, 6.45) is -3.05. The van der Waals surface area contributed by atoms with Crippen molar-refractivity contribution in [2.75, 3.05) is 0 Å². The summed E-state index contributed by atoms with van der Waals surface area (Å²) in [5.41, 5.74) is 0.0786. The van der Waals surface area contributed by atoms with Gasteiger partial charge in [-0.2, -0.15) is 0 Å². The van der Waals surface area contributed by atoms with Crippen LogP contribution in [0, 0.1) is 23.3 Å². The normalized spacial score (nSPS) is 13.9. The van der Waals surface area contributed by atoms with Crippen molar-refractivity contribution in [2.24, 2.45) is 0 Å². The first-order valence-electron chi connectivity index (χ1n) is 8.56. The molecule has 0 saturated carbocycles. The van der Waals surface area contributed by atoms with Gasteiger partial charge in [-0.15, -0.1) is 13.2 Å². The Kier molecular flexibility index (Phi) is 5.41. The molecule has 0 heterocycles.